The normalized spacial score (nSPS) is 14.9. The van der Waals surface area contributed by atoms with E-state index in [0.717, 1.165) is 5.56 Å². The van der Waals surface area contributed by atoms with E-state index in [1.807, 2.05) is 25.1 Å². The number of hydrogen-bond acceptors (Lipinski definition) is 3. The third kappa shape index (κ3) is 4.52. The van der Waals surface area contributed by atoms with Gasteiger partial charge in [-0.2, -0.15) is 5.26 Å². The second-order valence-electron chi connectivity index (χ2n) is 5.06. The molecular weight excluding hydrogens is 276 g/mol. The Balaban J connectivity index is 2.69. The van der Waals surface area contributed by atoms with Gasteiger partial charge < -0.3 is 10.1 Å². The van der Waals surface area contributed by atoms with E-state index in [2.05, 4.69) is 11.4 Å². The predicted molar refractivity (Wildman–Crippen MR) is 78.4 cm³/mol. The summed E-state index contributed by atoms with van der Waals surface area (Å²) >= 11 is 6.08. The number of hydrogen-bond donors (Lipinski definition) is 1. The van der Waals surface area contributed by atoms with Gasteiger partial charge in [-0.05, 0) is 25.0 Å². The van der Waals surface area contributed by atoms with Gasteiger partial charge in [0.15, 0.2) is 0 Å². The summed E-state index contributed by atoms with van der Waals surface area (Å²) in [5.74, 6) is -0.467. The van der Waals surface area contributed by atoms with Crippen molar-refractivity contribution in [2.75, 3.05) is 13.7 Å². The van der Waals surface area contributed by atoms with Gasteiger partial charge in [-0.1, -0.05) is 36.7 Å². The fourth-order valence-corrected chi connectivity index (χ4v) is 2.08. The molecule has 2 atom stereocenters. The lowest BCUT2D eigenvalue weighted by molar-refractivity contribution is -0.126. The number of carbonyl (C=O) groups is 1. The van der Waals surface area contributed by atoms with E-state index >= 15 is 0 Å². The number of nitrogens with one attached hydrogen (secondary N) is 1. The van der Waals surface area contributed by atoms with Crippen LogP contribution in [0.1, 0.15) is 19.4 Å². The fourth-order valence-electron chi connectivity index (χ4n) is 1.87. The number of nitrogens with zero attached hydrogens (tertiary/aromatic N) is 1. The van der Waals surface area contributed by atoms with Crippen LogP contribution in [-0.2, 0) is 16.0 Å². The van der Waals surface area contributed by atoms with Crippen molar-refractivity contribution < 1.29 is 9.53 Å². The van der Waals surface area contributed by atoms with Crippen molar-refractivity contribution in [3.05, 3.63) is 34.9 Å². The van der Waals surface area contributed by atoms with E-state index in [1.54, 1.807) is 13.0 Å². The highest BCUT2D eigenvalue weighted by Crippen LogP contribution is 2.19. The van der Waals surface area contributed by atoms with Crippen molar-refractivity contribution in [2.45, 2.75) is 25.8 Å². The SMILES string of the molecule is COCC(C)(C#N)NC(=O)C(C)Cc1ccccc1Cl. The van der Waals surface area contributed by atoms with Crippen molar-refractivity contribution >= 4 is 17.5 Å². The van der Waals surface area contributed by atoms with Gasteiger partial charge in [-0.3, -0.25) is 4.79 Å². The number of amides is 1. The van der Waals surface area contributed by atoms with Crippen LogP contribution in [0.25, 0.3) is 0 Å². The van der Waals surface area contributed by atoms with E-state index in [-0.39, 0.29) is 18.4 Å². The molecule has 0 saturated heterocycles. The van der Waals surface area contributed by atoms with Crippen molar-refractivity contribution in [3.8, 4) is 6.07 Å². The first-order valence-electron chi connectivity index (χ1n) is 6.37. The van der Waals surface area contributed by atoms with Gasteiger partial charge in [0.25, 0.3) is 0 Å². The molecule has 0 fully saturated rings. The van der Waals surface area contributed by atoms with E-state index in [9.17, 15) is 4.79 Å². The molecule has 1 rings (SSSR count). The molecule has 0 saturated carbocycles. The van der Waals surface area contributed by atoms with Crippen molar-refractivity contribution in [1.82, 2.24) is 5.32 Å². The minimum atomic E-state index is -1.01. The molecular formula is C15H19ClN2O2. The van der Waals surface area contributed by atoms with Crippen LogP contribution in [-0.4, -0.2) is 25.2 Å². The second-order valence-corrected chi connectivity index (χ2v) is 5.47. The average Bonchev–Trinajstić information content (AvgIpc) is 2.41. The first-order chi connectivity index (χ1) is 9.41. The van der Waals surface area contributed by atoms with Crippen molar-refractivity contribution in [1.29, 1.82) is 5.26 Å². The number of carbonyl (C=O) groups excluding carboxylic acids is 1. The first kappa shape index (κ1) is 16.5. The molecule has 20 heavy (non-hydrogen) atoms. The van der Waals surface area contributed by atoms with Gasteiger partial charge in [0.05, 0.1) is 12.7 Å². The molecule has 1 aromatic rings. The van der Waals surface area contributed by atoms with E-state index < -0.39 is 5.54 Å². The molecule has 0 spiro atoms. The summed E-state index contributed by atoms with van der Waals surface area (Å²) in [7, 11) is 1.49. The Bertz CT molecular complexity index is 513. The highest BCUT2D eigenvalue weighted by atomic mass is 35.5. The molecule has 1 N–H and O–H groups in total. The Kier molecular flexibility index (Phi) is 6.00. The highest BCUT2D eigenvalue weighted by Gasteiger charge is 2.28. The number of ether oxygens (including phenoxy) is 1. The molecule has 4 nitrogen and oxygen atoms in total. The molecule has 2 unspecified atom stereocenters. The zero-order valence-electron chi connectivity index (χ0n) is 11.9. The lowest BCUT2D eigenvalue weighted by atomic mass is 9.98. The number of rotatable bonds is 6. The molecule has 1 amide bonds. The van der Waals surface area contributed by atoms with Crippen LogP contribution in [0, 0.1) is 17.2 Å². The maximum Gasteiger partial charge on any atom is 0.224 e. The summed E-state index contributed by atoms with van der Waals surface area (Å²) in [6.45, 7) is 3.59. The fraction of sp³-hybridized carbons (Fsp3) is 0.467. The lowest BCUT2D eigenvalue weighted by Gasteiger charge is -2.24. The number of benzene rings is 1. The van der Waals surface area contributed by atoms with Gasteiger partial charge in [-0.25, -0.2) is 0 Å². The Morgan fingerprint density at radius 2 is 2.20 bits per heavy atom. The van der Waals surface area contributed by atoms with Crippen molar-refractivity contribution in [3.63, 3.8) is 0 Å². The minimum absolute atomic E-state index is 0.147. The maximum atomic E-state index is 12.1. The molecule has 1 aromatic carbocycles. The summed E-state index contributed by atoms with van der Waals surface area (Å²) in [5.41, 5.74) is -0.0946. The molecule has 0 radical (unpaired) electrons. The van der Waals surface area contributed by atoms with Gasteiger partial charge in [0, 0.05) is 18.1 Å². The Hall–Kier alpha value is -1.57. The number of halogens is 1. The quantitative estimate of drug-likeness (QED) is 0.877. The van der Waals surface area contributed by atoms with Crippen LogP contribution < -0.4 is 5.32 Å². The van der Waals surface area contributed by atoms with Gasteiger partial charge in [-0.15, -0.1) is 0 Å². The highest BCUT2D eigenvalue weighted by molar-refractivity contribution is 6.31. The van der Waals surface area contributed by atoms with Crippen LogP contribution in [0.4, 0.5) is 0 Å². The van der Waals surface area contributed by atoms with Crippen LogP contribution in [0.2, 0.25) is 5.02 Å². The average molecular weight is 295 g/mol. The van der Waals surface area contributed by atoms with Gasteiger partial charge in [0.2, 0.25) is 5.91 Å². The molecule has 0 heterocycles. The topological polar surface area (TPSA) is 62.1 Å². The smallest absolute Gasteiger partial charge is 0.224 e. The Morgan fingerprint density at radius 3 is 2.75 bits per heavy atom. The first-order valence-corrected chi connectivity index (χ1v) is 6.75. The zero-order chi connectivity index (χ0) is 15.2. The van der Waals surface area contributed by atoms with Crippen LogP contribution in [0.15, 0.2) is 24.3 Å². The van der Waals surface area contributed by atoms with Crippen LogP contribution >= 0.6 is 11.6 Å². The monoisotopic (exact) mass is 294 g/mol. The van der Waals surface area contributed by atoms with E-state index in [0.29, 0.717) is 11.4 Å². The van der Waals surface area contributed by atoms with Crippen LogP contribution in [0.3, 0.4) is 0 Å². The summed E-state index contributed by atoms with van der Waals surface area (Å²) < 4.78 is 4.96. The van der Waals surface area contributed by atoms with Crippen molar-refractivity contribution in [2.24, 2.45) is 5.92 Å². The number of methoxy groups -OCH3 is 1. The van der Waals surface area contributed by atoms with E-state index in [1.165, 1.54) is 7.11 Å². The summed E-state index contributed by atoms with van der Waals surface area (Å²) in [4.78, 5) is 12.1. The molecule has 5 heteroatoms. The largest absolute Gasteiger partial charge is 0.381 e. The van der Waals surface area contributed by atoms with E-state index in [4.69, 9.17) is 21.6 Å². The third-order valence-electron chi connectivity index (χ3n) is 3.01. The number of nitriles is 1. The third-order valence-corrected chi connectivity index (χ3v) is 3.38. The predicted octanol–water partition coefficient (Wildman–Crippen LogP) is 2.56. The minimum Gasteiger partial charge on any atom is -0.381 e. The second kappa shape index (κ2) is 7.28. The summed E-state index contributed by atoms with van der Waals surface area (Å²) in [5, 5.41) is 12.5. The van der Waals surface area contributed by atoms with Gasteiger partial charge >= 0.3 is 0 Å². The molecule has 0 aromatic heterocycles. The van der Waals surface area contributed by atoms with Crippen LogP contribution in [0.5, 0.6) is 0 Å². The molecule has 0 aliphatic carbocycles. The molecule has 0 aliphatic heterocycles. The Labute approximate surface area is 124 Å². The standard InChI is InChI=1S/C15H19ClN2O2/c1-11(8-12-6-4-5-7-13(12)16)14(19)18-15(2,9-17)10-20-3/h4-7,11H,8,10H2,1-3H3,(H,18,19). The summed E-state index contributed by atoms with van der Waals surface area (Å²) in [6.07, 6.45) is 0.528. The lowest BCUT2D eigenvalue weighted by Crippen LogP contribution is -2.50. The zero-order valence-corrected chi connectivity index (χ0v) is 12.7. The molecule has 0 aliphatic rings. The molecule has 0 bridgehead atoms. The van der Waals surface area contributed by atoms with Gasteiger partial charge in [0.1, 0.15) is 5.54 Å². The maximum absolute atomic E-state index is 12.1. The Morgan fingerprint density at radius 1 is 1.55 bits per heavy atom. The summed E-state index contributed by atoms with van der Waals surface area (Å²) in [6, 6.07) is 9.48. The molecule has 108 valence electrons.